The zero-order valence-corrected chi connectivity index (χ0v) is 13.0. The van der Waals surface area contributed by atoms with E-state index in [0.717, 1.165) is 24.9 Å². The molecule has 5 nitrogen and oxygen atoms in total. The van der Waals surface area contributed by atoms with E-state index in [0.29, 0.717) is 24.6 Å². The molecule has 2 aromatic rings. The number of carbonyl (C=O) groups excluding carboxylic acids is 1. The molecule has 22 heavy (non-hydrogen) atoms. The number of fused-ring (bicyclic) bond motifs is 1. The van der Waals surface area contributed by atoms with Crippen LogP contribution in [0.5, 0.6) is 0 Å². The fraction of sp³-hybridized carbons (Fsp3) is 0.529. The van der Waals surface area contributed by atoms with Gasteiger partial charge >= 0.3 is 5.76 Å². The third-order valence-electron chi connectivity index (χ3n) is 4.55. The Morgan fingerprint density at radius 2 is 2.05 bits per heavy atom. The lowest BCUT2D eigenvalue weighted by atomic mass is 10.2. The van der Waals surface area contributed by atoms with Gasteiger partial charge in [-0.05, 0) is 31.9 Å². The zero-order chi connectivity index (χ0) is 15.5. The van der Waals surface area contributed by atoms with Crippen LogP contribution in [0.15, 0.2) is 33.5 Å². The molecule has 1 heterocycles. The summed E-state index contributed by atoms with van der Waals surface area (Å²) in [6, 6.07) is 7.70. The predicted octanol–water partition coefficient (Wildman–Crippen LogP) is 2.78. The lowest BCUT2D eigenvalue weighted by Gasteiger charge is -2.27. The molecule has 1 amide bonds. The maximum atomic E-state index is 12.5. The van der Waals surface area contributed by atoms with Gasteiger partial charge in [0.15, 0.2) is 5.58 Å². The van der Waals surface area contributed by atoms with Crippen LogP contribution >= 0.6 is 0 Å². The van der Waals surface area contributed by atoms with Crippen LogP contribution in [0.25, 0.3) is 11.1 Å². The molecule has 1 saturated carbocycles. The van der Waals surface area contributed by atoms with Crippen molar-refractivity contribution in [3.05, 3.63) is 34.8 Å². The number of para-hydroxylation sites is 2. The van der Waals surface area contributed by atoms with Crippen molar-refractivity contribution in [1.82, 2.24) is 9.47 Å². The highest BCUT2D eigenvalue weighted by Crippen LogP contribution is 2.24. The van der Waals surface area contributed by atoms with Gasteiger partial charge in [0, 0.05) is 25.6 Å². The Balaban J connectivity index is 1.71. The summed E-state index contributed by atoms with van der Waals surface area (Å²) in [5, 5.41) is 0. The molecule has 5 heteroatoms. The van der Waals surface area contributed by atoms with Crippen LogP contribution in [0, 0.1) is 0 Å². The minimum absolute atomic E-state index is 0.131. The van der Waals surface area contributed by atoms with Gasteiger partial charge in [0.25, 0.3) is 0 Å². The smallest absolute Gasteiger partial charge is 0.408 e. The lowest BCUT2D eigenvalue weighted by Crippen LogP contribution is -2.39. The van der Waals surface area contributed by atoms with Crippen molar-refractivity contribution in [2.45, 2.75) is 51.6 Å². The summed E-state index contributed by atoms with van der Waals surface area (Å²) in [5.74, 6) is -0.260. The van der Waals surface area contributed by atoms with Crippen molar-refractivity contribution in [2.24, 2.45) is 0 Å². The number of aryl methyl sites for hydroxylation is 1. The molecule has 0 saturated heterocycles. The molecule has 0 atom stereocenters. The van der Waals surface area contributed by atoms with Gasteiger partial charge in [-0.25, -0.2) is 4.79 Å². The molecular formula is C17H22N2O3. The summed E-state index contributed by atoms with van der Waals surface area (Å²) in [5.41, 5.74) is 1.33. The first-order valence-corrected chi connectivity index (χ1v) is 8.08. The van der Waals surface area contributed by atoms with Crippen molar-refractivity contribution in [3.8, 4) is 0 Å². The molecule has 0 radical (unpaired) electrons. The number of hydrogen-bond acceptors (Lipinski definition) is 3. The minimum Gasteiger partial charge on any atom is -0.408 e. The minimum atomic E-state index is -0.391. The molecule has 1 fully saturated rings. The zero-order valence-electron chi connectivity index (χ0n) is 13.0. The summed E-state index contributed by atoms with van der Waals surface area (Å²) in [4.78, 5) is 26.4. The molecule has 0 aliphatic heterocycles. The average Bonchev–Trinajstić information content (AvgIpc) is 3.13. The Labute approximate surface area is 129 Å². The number of hydrogen-bond donors (Lipinski definition) is 0. The van der Waals surface area contributed by atoms with Gasteiger partial charge in [0.2, 0.25) is 5.91 Å². The lowest BCUT2D eigenvalue weighted by molar-refractivity contribution is -0.133. The number of carbonyl (C=O) groups is 1. The fourth-order valence-corrected chi connectivity index (χ4v) is 3.43. The number of rotatable bonds is 5. The Morgan fingerprint density at radius 3 is 2.77 bits per heavy atom. The van der Waals surface area contributed by atoms with Crippen LogP contribution in [-0.2, 0) is 11.3 Å². The monoisotopic (exact) mass is 302 g/mol. The van der Waals surface area contributed by atoms with E-state index in [4.69, 9.17) is 4.42 Å². The van der Waals surface area contributed by atoms with Gasteiger partial charge in [-0.1, -0.05) is 25.0 Å². The molecule has 0 bridgehead atoms. The summed E-state index contributed by atoms with van der Waals surface area (Å²) < 4.78 is 6.75. The Kier molecular flexibility index (Phi) is 4.32. The van der Waals surface area contributed by atoms with Crippen LogP contribution in [0.3, 0.4) is 0 Å². The van der Waals surface area contributed by atoms with E-state index in [1.807, 2.05) is 30.0 Å². The first kappa shape index (κ1) is 14.9. The van der Waals surface area contributed by atoms with Crippen molar-refractivity contribution in [1.29, 1.82) is 0 Å². The topological polar surface area (TPSA) is 55.5 Å². The van der Waals surface area contributed by atoms with Gasteiger partial charge < -0.3 is 9.32 Å². The number of amides is 1. The predicted molar refractivity (Wildman–Crippen MR) is 84.7 cm³/mol. The van der Waals surface area contributed by atoms with E-state index >= 15 is 0 Å². The third kappa shape index (κ3) is 2.80. The van der Waals surface area contributed by atoms with Crippen molar-refractivity contribution >= 4 is 17.0 Å². The second-order valence-corrected chi connectivity index (χ2v) is 5.86. The molecule has 1 aliphatic carbocycles. The molecule has 0 spiro atoms. The largest absolute Gasteiger partial charge is 0.419 e. The Bertz CT molecular complexity index is 710. The summed E-state index contributed by atoms with van der Waals surface area (Å²) in [6.07, 6.45) is 4.97. The summed E-state index contributed by atoms with van der Waals surface area (Å²) in [7, 11) is 0. The first-order chi connectivity index (χ1) is 10.7. The van der Waals surface area contributed by atoms with Gasteiger partial charge in [-0.2, -0.15) is 0 Å². The summed E-state index contributed by atoms with van der Waals surface area (Å²) in [6.45, 7) is 3.14. The van der Waals surface area contributed by atoms with Crippen LogP contribution < -0.4 is 5.76 Å². The van der Waals surface area contributed by atoms with E-state index in [9.17, 15) is 9.59 Å². The molecule has 3 rings (SSSR count). The number of benzene rings is 1. The van der Waals surface area contributed by atoms with E-state index in [1.54, 1.807) is 10.6 Å². The van der Waals surface area contributed by atoms with Crippen LogP contribution in [0.2, 0.25) is 0 Å². The highest BCUT2D eigenvalue weighted by atomic mass is 16.4. The molecule has 1 aliphatic rings. The quantitative estimate of drug-likeness (QED) is 0.853. The van der Waals surface area contributed by atoms with E-state index in [-0.39, 0.29) is 5.91 Å². The molecule has 1 aromatic heterocycles. The van der Waals surface area contributed by atoms with Crippen molar-refractivity contribution in [3.63, 3.8) is 0 Å². The number of oxazole rings is 1. The van der Waals surface area contributed by atoms with Gasteiger partial charge in [-0.3, -0.25) is 9.36 Å². The first-order valence-electron chi connectivity index (χ1n) is 8.08. The molecule has 1 aromatic carbocycles. The standard InChI is InChI=1S/C17H22N2O3/c1-2-18(13-7-3-4-8-13)16(20)11-12-19-14-9-5-6-10-15(14)22-17(19)21/h5-6,9-10,13H,2-4,7-8,11-12H2,1H3. The van der Waals surface area contributed by atoms with E-state index in [2.05, 4.69) is 0 Å². The Hall–Kier alpha value is -2.04. The van der Waals surface area contributed by atoms with E-state index in [1.165, 1.54) is 12.8 Å². The molecule has 118 valence electrons. The Morgan fingerprint density at radius 1 is 1.32 bits per heavy atom. The SMILES string of the molecule is CCN(C(=O)CCn1c(=O)oc2ccccc21)C1CCCC1. The fourth-order valence-electron chi connectivity index (χ4n) is 3.43. The maximum Gasteiger partial charge on any atom is 0.419 e. The van der Waals surface area contributed by atoms with E-state index < -0.39 is 5.76 Å². The number of aromatic nitrogens is 1. The van der Waals surface area contributed by atoms with Gasteiger partial charge in [-0.15, -0.1) is 0 Å². The molecule has 0 N–H and O–H groups in total. The highest BCUT2D eigenvalue weighted by molar-refractivity contribution is 5.77. The number of nitrogens with zero attached hydrogens (tertiary/aromatic N) is 2. The van der Waals surface area contributed by atoms with Gasteiger partial charge in [0.1, 0.15) is 0 Å². The van der Waals surface area contributed by atoms with Crippen LogP contribution in [0.4, 0.5) is 0 Å². The third-order valence-corrected chi connectivity index (χ3v) is 4.55. The van der Waals surface area contributed by atoms with Crippen molar-refractivity contribution < 1.29 is 9.21 Å². The normalized spacial score (nSPS) is 15.5. The van der Waals surface area contributed by atoms with Crippen LogP contribution in [0.1, 0.15) is 39.0 Å². The average molecular weight is 302 g/mol. The molecule has 0 unspecified atom stereocenters. The molecular weight excluding hydrogens is 280 g/mol. The van der Waals surface area contributed by atoms with Crippen molar-refractivity contribution in [2.75, 3.05) is 6.54 Å². The second kappa shape index (κ2) is 6.38. The maximum absolute atomic E-state index is 12.5. The van der Waals surface area contributed by atoms with Gasteiger partial charge in [0.05, 0.1) is 5.52 Å². The van der Waals surface area contributed by atoms with Crippen LogP contribution in [-0.4, -0.2) is 28.0 Å². The highest BCUT2D eigenvalue weighted by Gasteiger charge is 2.25. The second-order valence-electron chi connectivity index (χ2n) is 5.86. The summed E-state index contributed by atoms with van der Waals surface area (Å²) >= 11 is 0.